The van der Waals surface area contributed by atoms with Gasteiger partial charge in [0.1, 0.15) is 0 Å². The van der Waals surface area contributed by atoms with Crippen LogP contribution in [-0.4, -0.2) is 31.6 Å². The van der Waals surface area contributed by atoms with Gasteiger partial charge in [-0.25, -0.2) is 9.59 Å². The second-order valence-corrected chi connectivity index (χ2v) is 6.51. The van der Waals surface area contributed by atoms with Crippen molar-refractivity contribution in [1.82, 2.24) is 0 Å². The maximum absolute atomic E-state index is 12.2. The van der Waals surface area contributed by atoms with E-state index in [0.717, 1.165) is 11.1 Å². The van der Waals surface area contributed by atoms with Crippen molar-refractivity contribution in [2.45, 2.75) is 0 Å². The molecule has 0 bridgehead atoms. The molecule has 0 radical (unpaired) electrons. The zero-order chi connectivity index (χ0) is 22.1. The van der Waals surface area contributed by atoms with Crippen molar-refractivity contribution in [3.05, 3.63) is 96.1 Å². The van der Waals surface area contributed by atoms with Crippen LogP contribution >= 0.6 is 0 Å². The van der Waals surface area contributed by atoms with E-state index in [-0.39, 0.29) is 0 Å². The van der Waals surface area contributed by atoms with E-state index < -0.39 is 24.5 Å². The van der Waals surface area contributed by atoms with Crippen molar-refractivity contribution in [2.24, 2.45) is 0 Å². The molecule has 3 rings (SSSR count). The van der Waals surface area contributed by atoms with Gasteiger partial charge in [0.15, 0.2) is 6.61 Å². The van der Waals surface area contributed by atoms with E-state index in [0.29, 0.717) is 16.8 Å². The van der Waals surface area contributed by atoms with Gasteiger partial charge in [0.25, 0.3) is 5.91 Å². The summed E-state index contributed by atoms with van der Waals surface area (Å²) in [5.41, 5.74) is 3.59. The fraction of sp³-hybridized carbons (Fsp3) is 0.0800. The number of esters is 2. The van der Waals surface area contributed by atoms with Crippen molar-refractivity contribution in [3.8, 4) is 11.1 Å². The van der Waals surface area contributed by atoms with E-state index >= 15 is 0 Å². The number of nitrogens with one attached hydrogen (secondary N) is 1. The molecule has 31 heavy (non-hydrogen) atoms. The molecular formula is C25H21NO5. The molecule has 0 saturated carbocycles. The Bertz CT molecular complexity index is 1090. The Hall–Kier alpha value is -4.19. The third-order valence-electron chi connectivity index (χ3n) is 4.38. The maximum atomic E-state index is 12.2. The number of anilines is 1. The number of methoxy groups -OCH3 is 1. The molecule has 0 aliphatic rings. The highest BCUT2D eigenvalue weighted by atomic mass is 16.5. The molecule has 3 aromatic rings. The number of hydrogen-bond donors (Lipinski definition) is 1. The summed E-state index contributed by atoms with van der Waals surface area (Å²) in [6.45, 7) is -0.409. The van der Waals surface area contributed by atoms with Gasteiger partial charge in [-0.3, -0.25) is 4.79 Å². The molecule has 0 spiro atoms. The molecule has 1 amide bonds. The molecule has 6 nitrogen and oxygen atoms in total. The molecule has 0 atom stereocenters. The SMILES string of the molecule is COC(=O)c1ccc(/C=C/C(=O)OCC(=O)Nc2ccccc2-c2ccccc2)cc1. The first-order valence-corrected chi connectivity index (χ1v) is 9.54. The van der Waals surface area contributed by atoms with Gasteiger partial charge in [-0.1, -0.05) is 60.7 Å². The number of carbonyl (C=O) groups is 3. The highest BCUT2D eigenvalue weighted by Crippen LogP contribution is 2.27. The number of para-hydroxylation sites is 1. The predicted octanol–water partition coefficient (Wildman–Crippen LogP) is 4.34. The van der Waals surface area contributed by atoms with E-state index in [2.05, 4.69) is 10.1 Å². The van der Waals surface area contributed by atoms with Gasteiger partial charge >= 0.3 is 11.9 Å². The third-order valence-corrected chi connectivity index (χ3v) is 4.38. The number of benzene rings is 3. The Morgan fingerprint density at radius 3 is 2.26 bits per heavy atom. The second kappa shape index (κ2) is 10.5. The van der Waals surface area contributed by atoms with Crippen molar-refractivity contribution >= 4 is 29.6 Å². The topological polar surface area (TPSA) is 81.7 Å². The maximum Gasteiger partial charge on any atom is 0.337 e. The van der Waals surface area contributed by atoms with E-state index in [1.54, 1.807) is 30.3 Å². The number of hydrogen-bond acceptors (Lipinski definition) is 5. The number of amides is 1. The Labute approximate surface area is 180 Å². The molecule has 156 valence electrons. The summed E-state index contributed by atoms with van der Waals surface area (Å²) in [6.07, 6.45) is 2.75. The Kier molecular flexibility index (Phi) is 7.32. The molecule has 0 fully saturated rings. The summed E-state index contributed by atoms with van der Waals surface area (Å²) in [7, 11) is 1.31. The zero-order valence-corrected chi connectivity index (χ0v) is 16.9. The minimum Gasteiger partial charge on any atom is -0.465 e. The highest BCUT2D eigenvalue weighted by Gasteiger charge is 2.10. The lowest BCUT2D eigenvalue weighted by Gasteiger charge is -2.11. The van der Waals surface area contributed by atoms with Crippen LogP contribution in [0.15, 0.2) is 84.9 Å². The van der Waals surface area contributed by atoms with E-state index in [4.69, 9.17) is 4.74 Å². The predicted molar refractivity (Wildman–Crippen MR) is 118 cm³/mol. The lowest BCUT2D eigenvalue weighted by molar-refractivity contribution is -0.142. The summed E-state index contributed by atoms with van der Waals surface area (Å²) in [5.74, 6) is -1.52. The monoisotopic (exact) mass is 415 g/mol. The average Bonchev–Trinajstić information content (AvgIpc) is 2.82. The van der Waals surface area contributed by atoms with E-state index in [1.807, 2.05) is 48.5 Å². The van der Waals surface area contributed by atoms with Crippen molar-refractivity contribution in [2.75, 3.05) is 19.0 Å². The van der Waals surface area contributed by atoms with Gasteiger partial charge in [0.2, 0.25) is 0 Å². The quantitative estimate of drug-likeness (QED) is 0.459. The minimum atomic E-state index is -0.650. The summed E-state index contributed by atoms with van der Waals surface area (Å²) in [5, 5.41) is 2.78. The molecule has 0 aliphatic carbocycles. The van der Waals surface area contributed by atoms with Crippen LogP contribution in [0.25, 0.3) is 17.2 Å². The van der Waals surface area contributed by atoms with E-state index in [9.17, 15) is 14.4 Å². The molecule has 1 N–H and O–H groups in total. The van der Waals surface area contributed by atoms with E-state index in [1.165, 1.54) is 19.3 Å². The van der Waals surface area contributed by atoms with Crippen LogP contribution < -0.4 is 5.32 Å². The Morgan fingerprint density at radius 2 is 1.55 bits per heavy atom. The number of ether oxygens (including phenoxy) is 2. The van der Waals surface area contributed by atoms with Gasteiger partial charge in [0.05, 0.1) is 12.7 Å². The normalized spacial score (nSPS) is 10.5. The fourth-order valence-corrected chi connectivity index (χ4v) is 2.85. The summed E-state index contributed by atoms with van der Waals surface area (Å²) < 4.78 is 9.65. The smallest absolute Gasteiger partial charge is 0.337 e. The molecule has 0 aliphatic heterocycles. The fourth-order valence-electron chi connectivity index (χ4n) is 2.85. The lowest BCUT2D eigenvalue weighted by Crippen LogP contribution is -2.20. The zero-order valence-electron chi connectivity index (χ0n) is 16.9. The number of carbonyl (C=O) groups excluding carboxylic acids is 3. The van der Waals surface area contributed by atoms with Gasteiger partial charge < -0.3 is 14.8 Å². The van der Waals surface area contributed by atoms with Crippen molar-refractivity contribution in [3.63, 3.8) is 0 Å². The molecule has 6 heteroatoms. The van der Waals surface area contributed by atoms with Crippen LogP contribution in [0.2, 0.25) is 0 Å². The van der Waals surface area contributed by atoms with Crippen LogP contribution in [0.1, 0.15) is 15.9 Å². The molecular weight excluding hydrogens is 394 g/mol. The first kappa shape index (κ1) is 21.5. The van der Waals surface area contributed by atoms with Gasteiger partial charge in [-0.2, -0.15) is 0 Å². The van der Waals surface area contributed by atoms with Crippen LogP contribution in [0.4, 0.5) is 5.69 Å². The first-order valence-electron chi connectivity index (χ1n) is 9.54. The average molecular weight is 415 g/mol. The van der Waals surface area contributed by atoms with Crippen molar-refractivity contribution in [1.29, 1.82) is 0 Å². The Balaban J connectivity index is 1.54. The summed E-state index contributed by atoms with van der Waals surface area (Å²) in [4.78, 5) is 35.6. The van der Waals surface area contributed by atoms with Crippen molar-refractivity contribution < 1.29 is 23.9 Å². The van der Waals surface area contributed by atoms with Crippen LogP contribution in [-0.2, 0) is 19.1 Å². The standard InChI is InChI=1S/C25H21NO5/c1-30-25(29)20-14-11-18(12-15-20)13-16-24(28)31-17-23(27)26-22-10-6-5-9-21(22)19-7-3-2-4-8-19/h2-16H,17H2,1H3,(H,26,27)/b16-13+. The number of rotatable bonds is 7. The lowest BCUT2D eigenvalue weighted by atomic mass is 10.0. The molecule has 0 unspecified atom stereocenters. The van der Waals surface area contributed by atoms with Gasteiger partial charge in [-0.15, -0.1) is 0 Å². The van der Waals surface area contributed by atoms with Gasteiger partial charge in [-0.05, 0) is 35.4 Å². The second-order valence-electron chi connectivity index (χ2n) is 6.51. The molecule has 0 heterocycles. The minimum absolute atomic E-state index is 0.409. The van der Waals surface area contributed by atoms with Crippen LogP contribution in [0, 0.1) is 0 Å². The Morgan fingerprint density at radius 1 is 0.871 bits per heavy atom. The molecule has 0 aromatic heterocycles. The molecule has 3 aromatic carbocycles. The molecule has 0 saturated heterocycles. The highest BCUT2D eigenvalue weighted by molar-refractivity contribution is 5.98. The third kappa shape index (κ3) is 6.14. The van der Waals surface area contributed by atoms with Gasteiger partial charge in [0, 0.05) is 17.3 Å². The summed E-state index contributed by atoms with van der Waals surface area (Å²) >= 11 is 0. The summed E-state index contributed by atoms with van der Waals surface area (Å²) in [6, 6.07) is 23.6. The first-order chi connectivity index (χ1) is 15.1. The largest absolute Gasteiger partial charge is 0.465 e. The van der Waals surface area contributed by atoms with Crippen LogP contribution in [0.5, 0.6) is 0 Å². The van der Waals surface area contributed by atoms with Crippen LogP contribution in [0.3, 0.4) is 0 Å².